The Morgan fingerprint density at radius 2 is 2.25 bits per heavy atom. The highest BCUT2D eigenvalue weighted by atomic mass is 16.5. The lowest BCUT2D eigenvalue weighted by Gasteiger charge is -1.98. The minimum absolute atomic E-state index is 0.487. The zero-order valence-corrected chi connectivity index (χ0v) is 7.20. The third-order valence-electron chi connectivity index (χ3n) is 1.46. The molecule has 1 aromatic carbocycles. The lowest BCUT2D eigenvalue weighted by molar-refractivity contribution is 0.234. The second-order valence-electron chi connectivity index (χ2n) is 2.65. The topological polar surface area (TPSA) is 44.6 Å². The summed E-state index contributed by atoms with van der Waals surface area (Å²) in [6.45, 7) is 3.70. The molecule has 0 aliphatic heterocycles. The van der Waals surface area contributed by atoms with E-state index < -0.39 is 0 Å². The van der Waals surface area contributed by atoms with Crippen molar-refractivity contribution in [2.24, 2.45) is 4.99 Å². The molecule has 0 bridgehead atoms. The first-order valence-corrected chi connectivity index (χ1v) is 3.74. The number of hydrogen-bond donors (Lipinski definition) is 2. The molecule has 3 nitrogen and oxygen atoms in total. The lowest BCUT2D eigenvalue weighted by Crippen LogP contribution is -2.13. The van der Waals surface area contributed by atoms with Crippen LogP contribution in [0.4, 0.5) is 5.69 Å². The second kappa shape index (κ2) is 3.88. The molecule has 0 aliphatic rings. The molecule has 0 heterocycles. The van der Waals surface area contributed by atoms with Crippen LogP contribution in [-0.4, -0.2) is 11.0 Å². The highest BCUT2D eigenvalue weighted by molar-refractivity contribution is 5.81. The van der Waals surface area contributed by atoms with Crippen molar-refractivity contribution >= 4 is 11.5 Å². The first-order chi connectivity index (χ1) is 5.72. The molecule has 0 radical (unpaired) electrons. The summed E-state index contributed by atoms with van der Waals surface area (Å²) < 4.78 is 0. The van der Waals surface area contributed by atoms with Crippen LogP contribution in [0.3, 0.4) is 0 Å². The predicted molar refractivity (Wildman–Crippen MR) is 48.9 cm³/mol. The molecule has 1 aromatic rings. The molecule has 0 aliphatic carbocycles. The number of amidine groups is 1. The SMILES string of the molecule is CC(=Nc1cccc(C)c1)NO. The lowest BCUT2D eigenvalue weighted by atomic mass is 10.2. The molecule has 0 amide bonds. The quantitative estimate of drug-likeness (QED) is 0.379. The molecule has 0 atom stereocenters. The normalized spacial score (nSPS) is 11.4. The summed E-state index contributed by atoms with van der Waals surface area (Å²) in [7, 11) is 0. The van der Waals surface area contributed by atoms with Crippen LogP contribution >= 0.6 is 0 Å². The van der Waals surface area contributed by atoms with Crippen molar-refractivity contribution in [3.63, 3.8) is 0 Å². The number of hydrogen-bond acceptors (Lipinski definition) is 2. The number of aryl methyl sites for hydroxylation is 1. The van der Waals surface area contributed by atoms with E-state index in [1.165, 1.54) is 0 Å². The third-order valence-corrected chi connectivity index (χ3v) is 1.46. The van der Waals surface area contributed by atoms with Gasteiger partial charge >= 0.3 is 0 Å². The molecular weight excluding hydrogens is 152 g/mol. The summed E-state index contributed by atoms with van der Waals surface area (Å²) in [6, 6.07) is 7.76. The van der Waals surface area contributed by atoms with E-state index in [2.05, 4.69) is 4.99 Å². The maximum Gasteiger partial charge on any atom is 0.123 e. The Labute approximate surface area is 71.7 Å². The summed E-state index contributed by atoms with van der Waals surface area (Å²) in [4.78, 5) is 4.09. The first-order valence-electron chi connectivity index (χ1n) is 3.74. The van der Waals surface area contributed by atoms with Gasteiger partial charge in [0.25, 0.3) is 0 Å². The average molecular weight is 164 g/mol. The van der Waals surface area contributed by atoms with Crippen LogP contribution in [0.25, 0.3) is 0 Å². The molecular formula is C9H12N2O. The molecule has 0 spiro atoms. The zero-order chi connectivity index (χ0) is 8.97. The third kappa shape index (κ3) is 2.36. The van der Waals surface area contributed by atoms with E-state index in [1.54, 1.807) is 6.92 Å². The summed E-state index contributed by atoms with van der Waals surface area (Å²) in [5, 5.41) is 8.48. The van der Waals surface area contributed by atoms with Crippen molar-refractivity contribution in [2.75, 3.05) is 0 Å². The predicted octanol–water partition coefficient (Wildman–Crippen LogP) is 2.02. The smallest absolute Gasteiger partial charge is 0.123 e. The minimum Gasteiger partial charge on any atom is -0.290 e. The number of hydroxylamine groups is 1. The number of nitrogens with one attached hydrogen (secondary N) is 1. The second-order valence-corrected chi connectivity index (χ2v) is 2.65. The summed E-state index contributed by atoms with van der Waals surface area (Å²) in [5.74, 6) is 0.487. The van der Waals surface area contributed by atoms with Crippen molar-refractivity contribution in [1.29, 1.82) is 0 Å². The largest absolute Gasteiger partial charge is 0.290 e. The maximum absolute atomic E-state index is 8.48. The van der Waals surface area contributed by atoms with Gasteiger partial charge in [0.1, 0.15) is 5.84 Å². The van der Waals surface area contributed by atoms with Gasteiger partial charge in [0.15, 0.2) is 0 Å². The maximum atomic E-state index is 8.48. The van der Waals surface area contributed by atoms with Gasteiger partial charge in [-0.3, -0.25) is 10.7 Å². The van der Waals surface area contributed by atoms with E-state index in [0.29, 0.717) is 5.84 Å². The highest BCUT2D eigenvalue weighted by Gasteiger charge is 1.90. The van der Waals surface area contributed by atoms with Gasteiger partial charge in [-0.2, -0.15) is 0 Å². The monoisotopic (exact) mass is 164 g/mol. The van der Waals surface area contributed by atoms with E-state index >= 15 is 0 Å². The van der Waals surface area contributed by atoms with Gasteiger partial charge in [0.05, 0.1) is 5.69 Å². The molecule has 12 heavy (non-hydrogen) atoms. The van der Waals surface area contributed by atoms with Gasteiger partial charge in [0, 0.05) is 0 Å². The zero-order valence-electron chi connectivity index (χ0n) is 7.20. The fraction of sp³-hybridized carbons (Fsp3) is 0.222. The summed E-state index contributed by atoms with van der Waals surface area (Å²) in [5.41, 5.74) is 3.98. The Hall–Kier alpha value is -1.35. The molecule has 0 saturated carbocycles. The van der Waals surface area contributed by atoms with Crippen molar-refractivity contribution in [1.82, 2.24) is 5.48 Å². The Morgan fingerprint density at radius 1 is 1.50 bits per heavy atom. The van der Waals surface area contributed by atoms with E-state index in [-0.39, 0.29) is 0 Å². The van der Waals surface area contributed by atoms with Crippen LogP contribution in [0.2, 0.25) is 0 Å². The Bertz CT molecular complexity index is 294. The standard InChI is InChI=1S/C9H12N2O/c1-7-4-3-5-9(6-7)10-8(2)11-12/h3-6,12H,1-2H3,(H,10,11). The summed E-state index contributed by atoms with van der Waals surface area (Å²) in [6.07, 6.45) is 0. The molecule has 2 N–H and O–H groups in total. The van der Waals surface area contributed by atoms with Crippen LogP contribution in [0.1, 0.15) is 12.5 Å². The van der Waals surface area contributed by atoms with Gasteiger partial charge < -0.3 is 0 Å². The van der Waals surface area contributed by atoms with Crippen LogP contribution in [-0.2, 0) is 0 Å². The van der Waals surface area contributed by atoms with E-state index in [1.807, 2.05) is 36.7 Å². The highest BCUT2D eigenvalue weighted by Crippen LogP contribution is 2.12. The molecule has 0 aromatic heterocycles. The number of benzene rings is 1. The van der Waals surface area contributed by atoms with Gasteiger partial charge in [-0.05, 0) is 31.5 Å². The van der Waals surface area contributed by atoms with E-state index in [9.17, 15) is 0 Å². The van der Waals surface area contributed by atoms with Crippen molar-refractivity contribution in [2.45, 2.75) is 13.8 Å². The van der Waals surface area contributed by atoms with Gasteiger partial charge in [0.2, 0.25) is 0 Å². The van der Waals surface area contributed by atoms with E-state index in [0.717, 1.165) is 11.3 Å². The molecule has 64 valence electrons. The minimum atomic E-state index is 0.487. The molecule has 3 heteroatoms. The molecule has 0 saturated heterocycles. The van der Waals surface area contributed by atoms with Crippen molar-refractivity contribution in [3.8, 4) is 0 Å². The molecule has 0 fully saturated rings. The first kappa shape index (κ1) is 8.74. The number of nitrogens with zero attached hydrogens (tertiary/aromatic N) is 1. The Morgan fingerprint density at radius 3 is 2.83 bits per heavy atom. The number of aliphatic imine (C=N–C) groups is 1. The van der Waals surface area contributed by atoms with E-state index in [4.69, 9.17) is 5.21 Å². The van der Waals surface area contributed by atoms with Crippen LogP contribution in [0, 0.1) is 6.92 Å². The summed E-state index contributed by atoms with van der Waals surface area (Å²) >= 11 is 0. The van der Waals surface area contributed by atoms with Crippen LogP contribution in [0.15, 0.2) is 29.3 Å². The molecule has 0 unspecified atom stereocenters. The Balaban J connectivity index is 2.89. The fourth-order valence-corrected chi connectivity index (χ4v) is 0.916. The Kier molecular flexibility index (Phi) is 2.82. The number of rotatable bonds is 1. The van der Waals surface area contributed by atoms with Crippen molar-refractivity contribution in [3.05, 3.63) is 29.8 Å². The average Bonchev–Trinajstić information content (AvgIpc) is 2.04. The van der Waals surface area contributed by atoms with Gasteiger partial charge in [-0.15, -0.1) is 0 Å². The van der Waals surface area contributed by atoms with Crippen molar-refractivity contribution < 1.29 is 5.21 Å². The molecule has 1 rings (SSSR count). The van der Waals surface area contributed by atoms with Gasteiger partial charge in [-0.25, -0.2) is 4.99 Å². The van der Waals surface area contributed by atoms with Gasteiger partial charge in [-0.1, -0.05) is 12.1 Å². The van der Waals surface area contributed by atoms with Crippen LogP contribution in [0.5, 0.6) is 0 Å². The fourth-order valence-electron chi connectivity index (χ4n) is 0.916. The van der Waals surface area contributed by atoms with Crippen LogP contribution < -0.4 is 5.48 Å².